The van der Waals surface area contributed by atoms with Gasteiger partial charge in [-0.05, 0) is 32.0 Å². The summed E-state index contributed by atoms with van der Waals surface area (Å²) in [5, 5.41) is 9.26. The number of hydrogen-bond acceptors (Lipinski definition) is 7. The Bertz CT molecular complexity index is 1370. The lowest BCUT2D eigenvalue weighted by molar-refractivity contribution is 0.223. The Morgan fingerprint density at radius 2 is 2.03 bits per heavy atom. The van der Waals surface area contributed by atoms with E-state index in [9.17, 15) is 5.26 Å². The summed E-state index contributed by atoms with van der Waals surface area (Å²) in [6.07, 6.45) is 3.13. The standard InChI is InChI=1S/C25H20F2N4O3/c1-24(2,11-28)12-32-15-6-18-22(20(27)7-15)34-21-9-19(26)16(14-4-3-5-30-10-14)8-17(21)25(18)13-33-23(29)31-25/h3-10H,12-13H2,1-2H3,(H2,29,31). The second-order valence-electron chi connectivity index (χ2n) is 8.84. The second kappa shape index (κ2) is 7.70. The maximum Gasteiger partial charge on any atom is 0.283 e. The number of rotatable bonds is 4. The van der Waals surface area contributed by atoms with Crippen LogP contribution in [-0.2, 0) is 10.3 Å². The van der Waals surface area contributed by atoms with Gasteiger partial charge in [0.05, 0.1) is 11.5 Å². The maximum atomic E-state index is 15.2. The van der Waals surface area contributed by atoms with E-state index in [4.69, 9.17) is 19.9 Å². The number of hydrogen-bond donors (Lipinski definition) is 1. The molecule has 9 heteroatoms. The fourth-order valence-electron chi connectivity index (χ4n) is 4.03. The minimum Gasteiger partial charge on any atom is -0.492 e. The molecule has 0 saturated heterocycles. The van der Waals surface area contributed by atoms with Gasteiger partial charge in [-0.1, -0.05) is 6.07 Å². The first-order valence-corrected chi connectivity index (χ1v) is 10.5. The number of aromatic nitrogens is 1. The Balaban J connectivity index is 1.68. The number of nitrogens with two attached hydrogens (primary N) is 1. The molecular weight excluding hydrogens is 442 g/mol. The molecule has 2 aliphatic heterocycles. The zero-order chi connectivity index (χ0) is 24.1. The van der Waals surface area contributed by atoms with E-state index in [-0.39, 0.29) is 42.0 Å². The number of benzene rings is 2. The van der Waals surface area contributed by atoms with Crippen LogP contribution in [0.4, 0.5) is 8.78 Å². The van der Waals surface area contributed by atoms with E-state index < -0.39 is 22.6 Å². The molecule has 172 valence electrons. The maximum absolute atomic E-state index is 15.2. The van der Waals surface area contributed by atoms with E-state index in [2.05, 4.69) is 16.0 Å². The molecule has 0 aliphatic carbocycles. The van der Waals surface area contributed by atoms with Crippen molar-refractivity contribution in [1.82, 2.24) is 4.98 Å². The number of nitrogens with zero attached hydrogens (tertiary/aromatic N) is 3. The van der Waals surface area contributed by atoms with E-state index in [1.165, 1.54) is 6.07 Å². The number of nitriles is 1. The predicted molar refractivity (Wildman–Crippen MR) is 119 cm³/mol. The molecule has 0 saturated carbocycles. The van der Waals surface area contributed by atoms with Gasteiger partial charge in [0.25, 0.3) is 6.02 Å². The summed E-state index contributed by atoms with van der Waals surface area (Å²) >= 11 is 0. The molecule has 5 rings (SSSR count). The fourth-order valence-corrected chi connectivity index (χ4v) is 4.03. The van der Waals surface area contributed by atoms with E-state index in [0.717, 1.165) is 6.07 Å². The third-order valence-corrected chi connectivity index (χ3v) is 5.79. The van der Waals surface area contributed by atoms with Crippen LogP contribution in [0, 0.1) is 28.4 Å². The SMILES string of the molecule is CC(C)(C#N)COc1cc(F)c2c(c1)C1(COC(N)=N1)c1cc(-c3cccnc3)c(F)cc1O2. The lowest BCUT2D eigenvalue weighted by atomic mass is 9.80. The average molecular weight is 462 g/mol. The first-order valence-electron chi connectivity index (χ1n) is 10.5. The molecule has 2 aliphatic rings. The van der Waals surface area contributed by atoms with E-state index in [1.807, 2.05) is 0 Å². The molecule has 0 fully saturated rings. The summed E-state index contributed by atoms with van der Waals surface area (Å²) in [5.41, 5.74) is 5.47. The fraction of sp³-hybridized carbons (Fsp3) is 0.240. The zero-order valence-corrected chi connectivity index (χ0v) is 18.4. The van der Waals surface area contributed by atoms with Crippen molar-refractivity contribution in [2.75, 3.05) is 13.2 Å². The van der Waals surface area contributed by atoms with Crippen LogP contribution in [0.5, 0.6) is 17.2 Å². The van der Waals surface area contributed by atoms with Crippen molar-refractivity contribution in [3.63, 3.8) is 0 Å². The lowest BCUT2D eigenvalue weighted by Crippen LogP contribution is -2.32. The third-order valence-electron chi connectivity index (χ3n) is 5.79. The number of ether oxygens (including phenoxy) is 3. The Hall–Kier alpha value is -4.19. The molecule has 1 spiro atoms. The molecule has 2 N–H and O–H groups in total. The molecular formula is C25H20F2N4O3. The van der Waals surface area contributed by atoms with Crippen molar-refractivity contribution in [2.24, 2.45) is 16.1 Å². The van der Waals surface area contributed by atoms with Crippen LogP contribution in [0.2, 0.25) is 0 Å². The van der Waals surface area contributed by atoms with Crippen molar-refractivity contribution in [3.8, 4) is 34.4 Å². The zero-order valence-electron chi connectivity index (χ0n) is 18.4. The van der Waals surface area contributed by atoms with E-state index in [0.29, 0.717) is 16.7 Å². The van der Waals surface area contributed by atoms with Crippen LogP contribution < -0.4 is 15.2 Å². The Kier molecular flexibility index (Phi) is 4.90. The van der Waals surface area contributed by atoms with Gasteiger partial charge in [0.1, 0.15) is 30.5 Å². The summed E-state index contributed by atoms with van der Waals surface area (Å²) < 4.78 is 47.3. The first kappa shape index (κ1) is 21.6. The van der Waals surface area contributed by atoms with Crippen molar-refractivity contribution < 1.29 is 23.0 Å². The quantitative estimate of drug-likeness (QED) is 0.606. The molecule has 3 aromatic rings. The van der Waals surface area contributed by atoms with Crippen LogP contribution in [0.1, 0.15) is 25.0 Å². The van der Waals surface area contributed by atoms with Crippen LogP contribution >= 0.6 is 0 Å². The second-order valence-corrected chi connectivity index (χ2v) is 8.84. The normalized spacial score (nSPS) is 18.3. The molecule has 1 atom stereocenters. The minimum absolute atomic E-state index is 0.0348. The predicted octanol–water partition coefficient (Wildman–Crippen LogP) is 4.65. The van der Waals surface area contributed by atoms with Crippen molar-refractivity contribution in [2.45, 2.75) is 19.4 Å². The van der Waals surface area contributed by atoms with Crippen molar-refractivity contribution in [1.29, 1.82) is 5.26 Å². The number of amidine groups is 1. The van der Waals surface area contributed by atoms with Gasteiger partial charge in [0.15, 0.2) is 17.1 Å². The highest BCUT2D eigenvalue weighted by Gasteiger charge is 2.48. The Labute approximate surface area is 194 Å². The van der Waals surface area contributed by atoms with E-state index in [1.54, 1.807) is 50.5 Å². The van der Waals surface area contributed by atoms with Gasteiger partial charge in [-0.15, -0.1) is 0 Å². The van der Waals surface area contributed by atoms with Crippen molar-refractivity contribution >= 4 is 6.02 Å². The summed E-state index contributed by atoms with van der Waals surface area (Å²) in [7, 11) is 0. The molecule has 3 heterocycles. The average Bonchev–Trinajstić information content (AvgIpc) is 3.21. The van der Waals surface area contributed by atoms with Crippen molar-refractivity contribution in [3.05, 3.63) is 71.6 Å². The third kappa shape index (κ3) is 3.48. The largest absolute Gasteiger partial charge is 0.492 e. The Morgan fingerprint density at radius 1 is 1.21 bits per heavy atom. The van der Waals surface area contributed by atoms with Gasteiger partial charge in [-0.2, -0.15) is 5.26 Å². The molecule has 34 heavy (non-hydrogen) atoms. The smallest absolute Gasteiger partial charge is 0.283 e. The number of fused-ring (bicyclic) bond motifs is 4. The lowest BCUT2D eigenvalue weighted by Gasteiger charge is -2.34. The van der Waals surface area contributed by atoms with Gasteiger partial charge in [0, 0.05) is 46.8 Å². The number of aliphatic imine (C=N–C) groups is 1. The topological polar surface area (TPSA) is 103 Å². The van der Waals surface area contributed by atoms with Crippen LogP contribution in [-0.4, -0.2) is 24.2 Å². The molecule has 0 amide bonds. The van der Waals surface area contributed by atoms with Gasteiger partial charge in [-0.25, -0.2) is 13.8 Å². The summed E-state index contributed by atoms with van der Waals surface area (Å²) in [6, 6.07) is 11.0. The monoisotopic (exact) mass is 462 g/mol. The highest BCUT2D eigenvalue weighted by atomic mass is 19.1. The van der Waals surface area contributed by atoms with E-state index >= 15 is 8.78 Å². The molecule has 7 nitrogen and oxygen atoms in total. The summed E-state index contributed by atoms with van der Waals surface area (Å²) in [4.78, 5) is 8.58. The highest BCUT2D eigenvalue weighted by molar-refractivity contribution is 5.78. The number of halogens is 2. The molecule has 1 unspecified atom stereocenters. The summed E-state index contributed by atoms with van der Waals surface area (Å²) in [5.74, 6) is -1.08. The minimum atomic E-state index is -1.28. The Morgan fingerprint density at radius 3 is 2.71 bits per heavy atom. The van der Waals surface area contributed by atoms with Gasteiger partial charge in [0.2, 0.25) is 0 Å². The first-order chi connectivity index (χ1) is 16.2. The van der Waals surface area contributed by atoms with Gasteiger partial charge >= 0.3 is 0 Å². The van der Waals surface area contributed by atoms with Crippen LogP contribution in [0.15, 0.2) is 53.8 Å². The summed E-state index contributed by atoms with van der Waals surface area (Å²) in [6.45, 7) is 3.44. The molecule has 2 aromatic carbocycles. The molecule has 1 aromatic heterocycles. The van der Waals surface area contributed by atoms with Crippen LogP contribution in [0.25, 0.3) is 11.1 Å². The molecule has 0 bridgehead atoms. The number of pyridine rings is 1. The van der Waals surface area contributed by atoms with Gasteiger partial charge < -0.3 is 19.9 Å². The van der Waals surface area contributed by atoms with Crippen LogP contribution in [0.3, 0.4) is 0 Å². The molecule has 0 radical (unpaired) electrons. The van der Waals surface area contributed by atoms with Gasteiger partial charge in [-0.3, -0.25) is 4.98 Å². The highest BCUT2D eigenvalue weighted by Crippen LogP contribution is 2.53.